The van der Waals surface area contributed by atoms with E-state index in [9.17, 15) is 4.39 Å². The summed E-state index contributed by atoms with van der Waals surface area (Å²) in [6, 6.07) is 15.8. The summed E-state index contributed by atoms with van der Waals surface area (Å²) in [5.74, 6) is 0.571. The van der Waals surface area contributed by atoms with Crippen molar-refractivity contribution in [1.29, 1.82) is 0 Å². The Morgan fingerprint density at radius 2 is 1.77 bits per heavy atom. The van der Waals surface area contributed by atoms with E-state index in [1.165, 1.54) is 35.2 Å². The first-order chi connectivity index (χ1) is 10.8. The number of nitrogens with one attached hydrogen (secondary N) is 1. The highest BCUT2D eigenvalue weighted by Crippen LogP contribution is 2.46. The van der Waals surface area contributed by atoms with Crippen LogP contribution in [0.3, 0.4) is 0 Å². The van der Waals surface area contributed by atoms with Crippen LogP contribution in [-0.2, 0) is 0 Å². The smallest absolute Gasteiger partial charge is 0.123 e. The molecule has 2 aliphatic rings. The molecule has 1 fully saturated rings. The molecule has 2 heteroatoms. The lowest BCUT2D eigenvalue weighted by Crippen LogP contribution is -2.29. The highest BCUT2D eigenvalue weighted by molar-refractivity contribution is 5.91. The Balaban J connectivity index is 1.92. The van der Waals surface area contributed by atoms with Crippen molar-refractivity contribution in [3.05, 3.63) is 71.0 Å². The number of halogens is 1. The minimum absolute atomic E-state index is 0.177. The van der Waals surface area contributed by atoms with E-state index in [-0.39, 0.29) is 5.82 Å². The summed E-state index contributed by atoms with van der Waals surface area (Å²) in [7, 11) is 0. The molecule has 22 heavy (non-hydrogen) atoms. The summed E-state index contributed by atoms with van der Waals surface area (Å²) in [6.07, 6.45) is 3.63. The van der Waals surface area contributed by atoms with Crippen molar-refractivity contribution in [1.82, 2.24) is 0 Å². The van der Waals surface area contributed by atoms with Crippen LogP contribution in [0.1, 0.15) is 37.3 Å². The number of para-hydroxylation sites is 1. The first kappa shape index (κ1) is 13.6. The Labute approximate surface area is 130 Å². The molecule has 1 aliphatic carbocycles. The predicted molar refractivity (Wildman–Crippen MR) is 89.3 cm³/mol. The Morgan fingerprint density at radius 3 is 2.45 bits per heavy atom. The van der Waals surface area contributed by atoms with Crippen LogP contribution in [0.15, 0.2) is 54.1 Å². The lowest BCUT2D eigenvalue weighted by Gasteiger charge is -2.32. The molecule has 112 valence electrons. The number of anilines is 1. The Morgan fingerprint density at radius 1 is 1.05 bits per heavy atom. The molecule has 0 aromatic heterocycles. The zero-order valence-corrected chi connectivity index (χ0v) is 12.8. The largest absolute Gasteiger partial charge is 0.378 e. The van der Waals surface area contributed by atoms with Crippen molar-refractivity contribution in [3.8, 4) is 0 Å². The molecule has 1 heterocycles. The van der Waals surface area contributed by atoms with Gasteiger partial charge in [-0.2, -0.15) is 0 Å². The van der Waals surface area contributed by atoms with Gasteiger partial charge >= 0.3 is 0 Å². The van der Waals surface area contributed by atoms with Gasteiger partial charge in [-0.25, -0.2) is 4.39 Å². The summed E-state index contributed by atoms with van der Waals surface area (Å²) in [5, 5.41) is 3.74. The minimum atomic E-state index is -0.177. The van der Waals surface area contributed by atoms with E-state index < -0.39 is 0 Å². The van der Waals surface area contributed by atoms with Gasteiger partial charge in [0.15, 0.2) is 0 Å². The van der Waals surface area contributed by atoms with Gasteiger partial charge in [0.2, 0.25) is 0 Å². The van der Waals surface area contributed by atoms with Gasteiger partial charge in [-0.15, -0.1) is 0 Å². The monoisotopic (exact) mass is 293 g/mol. The quantitative estimate of drug-likeness (QED) is 0.816. The first-order valence-electron chi connectivity index (χ1n) is 8.13. The summed E-state index contributed by atoms with van der Waals surface area (Å²) < 4.78 is 13.3. The van der Waals surface area contributed by atoms with Crippen LogP contribution < -0.4 is 5.32 Å². The van der Waals surface area contributed by atoms with Crippen LogP contribution in [0.25, 0.3) is 5.57 Å². The standard InChI is InChI=1S/C20H20FN/c1-2-16-19(13-9-11-15(21)12-10-13)17-5-3-4-6-18(17)22-20(16)14-7-8-14/h3-6,9-12,14,20,22H,2,7-8H2,1H3. The zero-order valence-electron chi connectivity index (χ0n) is 12.8. The van der Waals surface area contributed by atoms with Gasteiger partial charge in [0.25, 0.3) is 0 Å². The van der Waals surface area contributed by atoms with Crippen LogP contribution >= 0.6 is 0 Å². The molecule has 2 aromatic carbocycles. The highest BCUT2D eigenvalue weighted by Gasteiger charge is 2.37. The molecular weight excluding hydrogens is 273 g/mol. The van der Waals surface area contributed by atoms with E-state index in [0.717, 1.165) is 17.9 Å². The maximum atomic E-state index is 13.3. The Bertz CT molecular complexity index is 726. The lowest BCUT2D eigenvalue weighted by molar-refractivity contribution is 0.627. The highest BCUT2D eigenvalue weighted by atomic mass is 19.1. The van der Waals surface area contributed by atoms with Crippen LogP contribution in [0, 0.1) is 11.7 Å². The van der Waals surface area contributed by atoms with Crippen molar-refractivity contribution in [2.75, 3.05) is 5.32 Å². The van der Waals surface area contributed by atoms with Gasteiger partial charge in [-0.05, 0) is 60.1 Å². The first-order valence-corrected chi connectivity index (χ1v) is 8.13. The van der Waals surface area contributed by atoms with Crippen molar-refractivity contribution in [2.45, 2.75) is 32.2 Å². The summed E-state index contributed by atoms with van der Waals surface area (Å²) in [4.78, 5) is 0. The molecule has 2 aromatic rings. The number of hydrogen-bond acceptors (Lipinski definition) is 1. The third-order valence-electron chi connectivity index (χ3n) is 4.81. The van der Waals surface area contributed by atoms with E-state index in [0.29, 0.717) is 6.04 Å². The second-order valence-corrected chi connectivity index (χ2v) is 6.27. The maximum Gasteiger partial charge on any atom is 0.123 e. The van der Waals surface area contributed by atoms with Crippen molar-refractivity contribution >= 4 is 11.3 Å². The number of benzene rings is 2. The van der Waals surface area contributed by atoms with Crippen molar-refractivity contribution in [2.24, 2.45) is 5.92 Å². The van der Waals surface area contributed by atoms with Crippen LogP contribution in [0.2, 0.25) is 0 Å². The predicted octanol–water partition coefficient (Wildman–Crippen LogP) is 5.24. The fourth-order valence-electron chi connectivity index (χ4n) is 3.60. The molecule has 1 unspecified atom stereocenters. The van der Waals surface area contributed by atoms with Crippen LogP contribution in [0.5, 0.6) is 0 Å². The minimum Gasteiger partial charge on any atom is -0.378 e. The SMILES string of the molecule is CCC1=C(c2ccc(F)cc2)c2ccccc2NC1C1CC1. The molecule has 1 saturated carbocycles. The molecule has 0 bridgehead atoms. The van der Waals surface area contributed by atoms with Crippen LogP contribution in [0.4, 0.5) is 10.1 Å². The van der Waals surface area contributed by atoms with Crippen molar-refractivity contribution in [3.63, 3.8) is 0 Å². The Kier molecular flexibility index (Phi) is 3.25. The molecule has 1 atom stereocenters. The van der Waals surface area contributed by atoms with Gasteiger partial charge < -0.3 is 5.32 Å². The number of rotatable bonds is 3. The molecule has 0 amide bonds. The van der Waals surface area contributed by atoms with Gasteiger partial charge in [-0.1, -0.05) is 37.3 Å². The molecule has 4 rings (SSSR count). The van der Waals surface area contributed by atoms with E-state index in [1.807, 2.05) is 12.1 Å². The van der Waals surface area contributed by atoms with E-state index in [1.54, 1.807) is 12.1 Å². The van der Waals surface area contributed by atoms with Gasteiger partial charge in [0.1, 0.15) is 5.82 Å². The maximum absolute atomic E-state index is 13.3. The van der Waals surface area contributed by atoms with Crippen molar-refractivity contribution < 1.29 is 4.39 Å². The summed E-state index contributed by atoms with van der Waals surface area (Å²) in [5.41, 5.74) is 6.33. The van der Waals surface area contributed by atoms with Crippen LogP contribution in [-0.4, -0.2) is 6.04 Å². The molecule has 0 radical (unpaired) electrons. The molecule has 0 saturated heterocycles. The van der Waals surface area contributed by atoms with E-state index >= 15 is 0 Å². The van der Waals surface area contributed by atoms with E-state index in [2.05, 4.69) is 36.5 Å². The number of hydrogen-bond donors (Lipinski definition) is 1. The molecular formula is C20H20FN. The van der Waals surface area contributed by atoms with E-state index in [4.69, 9.17) is 0 Å². The number of fused-ring (bicyclic) bond motifs is 1. The third-order valence-corrected chi connectivity index (χ3v) is 4.81. The van der Waals surface area contributed by atoms with Gasteiger partial charge in [0, 0.05) is 11.3 Å². The lowest BCUT2D eigenvalue weighted by atomic mass is 9.83. The second-order valence-electron chi connectivity index (χ2n) is 6.27. The third kappa shape index (κ3) is 2.23. The average Bonchev–Trinajstić information content (AvgIpc) is 3.39. The summed E-state index contributed by atoms with van der Waals surface area (Å²) in [6.45, 7) is 2.23. The second kappa shape index (κ2) is 5.28. The fourth-order valence-corrected chi connectivity index (χ4v) is 3.60. The normalized spacial score (nSPS) is 20.5. The van der Waals surface area contributed by atoms with Gasteiger partial charge in [0.05, 0.1) is 6.04 Å². The summed E-state index contributed by atoms with van der Waals surface area (Å²) >= 11 is 0. The zero-order chi connectivity index (χ0) is 15.1. The molecule has 1 N–H and O–H groups in total. The molecule has 1 aliphatic heterocycles. The average molecular weight is 293 g/mol. The van der Waals surface area contributed by atoms with Gasteiger partial charge in [-0.3, -0.25) is 0 Å². The molecule has 0 spiro atoms. The topological polar surface area (TPSA) is 12.0 Å². The molecule has 1 nitrogen and oxygen atoms in total. The Hall–Kier alpha value is -2.09. The fraction of sp³-hybridized carbons (Fsp3) is 0.300.